The predicted molar refractivity (Wildman–Crippen MR) is 168 cm³/mol. The number of hydrogen-bond acceptors (Lipinski definition) is 7. The molecule has 2 atom stereocenters. The van der Waals surface area contributed by atoms with Gasteiger partial charge in [0.2, 0.25) is 5.95 Å². The topological polar surface area (TPSA) is 82.6 Å². The van der Waals surface area contributed by atoms with Gasteiger partial charge in [0.25, 0.3) is 5.91 Å². The van der Waals surface area contributed by atoms with E-state index in [9.17, 15) is 18.0 Å². The quantitative estimate of drug-likeness (QED) is 0.226. The number of likely N-dealkylation sites (N-methyl/N-ethyl adjacent to an activating group) is 1. The van der Waals surface area contributed by atoms with Crippen molar-refractivity contribution < 1.29 is 22.7 Å². The molecule has 2 aliphatic rings. The van der Waals surface area contributed by atoms with Crippen LogP contribution in [0.5, 0.6) is 5.75 Å². The van der Waals surface area contributed by atoms with Gasteiger partial charge in [-0.1, -0.05) is 12.1 Å². The Kier molecular flexibility index (Phi) is 8.48. The molecule has 45 heavy (non-hydrogen) atoms. The van der Waals surface area contributed by atoms with Crippen molar-refractivity contribution in [1.29, 1.82) is 0 Å². The Bertz CT molecular complexity index is 1680. The van der Waals surface area contributed by atoms with Crippen LogP contribution in [0.25, 0.3) is 11.3 Å². The van der Waals surface area contributed by atoms with Gasteiger partial charge in [-0.15, -0.1) is 13.2 Å². The third-order valence-corrected chi connectivity index (χ3v) is 8.59. The molecule has 2 saturated heterocycles. The van der Waals surface area contributed by atoms with Crippen molar-refractivity contribution in [3.8, 4) is 17.0 Å². The Morgan fingerprint density at radius 3 is 2.47 bits per heavy atom. The molecule has 0 radical (unpaired) electrons. The lowest BCUT2D eigenvalue weighted by Gasteiger charge is -2.21. The van der Waals surface area contributed by atoms with Crippen molar-refractivity contribution in [3.63, 3.8) is 0 Å². The van der Waals surface area contributed by atoms with Crippen molar-refractivity contribution in [2.45, 2.75) is 39.2 Å². The summed E-state index contributed by atoms with van der Waals surface area (Å²) in [6.45, 7) is 8.06. The van der Waals surface area contributed by atoms with E-state index in [1.165, 1.54) is 42.8 Å². The number of amides is 1. The Balaban J connectivity index is 1.08. The van der Waals surface area contributed by atoms with E-state index >= 15 is 0 Å². The van der Waals surface area contributed by atoms with Gasteiger partial charge >= 0.3 is 6.36 Å². The summed E-state index contributed by atoms with van der Waals surface area (Å²) in [6, 6.07) is 19.4. The number of aromatic nitrogens is 2. The highest BCUT2D eigenvalue weighted by Crippen LogP contribution is 2.32. The molecule has 2 N–H and O–H groups in total. The molecule has 3 heterocycles. The Morgan fingerprint density at radius 1 is 1.00 bits per heavy atom. The number of ether oxygens (including phenoxy) is 1. The maximum Gasteiger partial charge on any atom is 0.573 e. The van der Waals surface area contributed by atoms with Gasteiger partial charge in [0.15, 0.2) is 0 Å². The van der Waals surface area contributed by atoms with Crippen LogP contribution >= 0.6 is 0 Å². The molecule has 0 saturated carbocycles. The van der Waals surface area contributed by atoms with Crippen molar-refractivity contribution in [1.82, 2.24) is 19.8 Å². The Morgan fingerprint density at radius 2 is 1.76 bits per heavy atom. The zero-order valence-corrected chi connectivity index (χ0v) is 25.4. The van der Waals surface area contributed by atoms with Crippen LogP contribution in [0.4, 0.5) is 30.5 Å². The number of benzene rings is 3. The summed E-state index contributed by atoms with van der Waals surface area (Å²) >= 11 is 0. The number of carbonyl (C=O) groups is 1. The number of nitrogens with one attached hydrogen (secondary N) is 2. The fraction of sp³-hybridized carbons (Fsp3) is 0.324. The van der Waals surface area contributed by atoms with Gasteiger partial charge in [-0.25, -0.2) is 9.97 Å². The maximum absolute atomic E-state index is 13.2. The Hall–Kier alpha value is -4.48. The average molecular weight is 617 g/mol. The highest BCUT2D eigenvalue weighted by atomic mass is 19.4. The number of alkyl halides is 3. The van der Waals surface area contributed by atoms with Crippen LogP contribution < -0.4 is 15.4 Å². The van der Waals surface area contributed by atoms with E-state index in [0.29, 0.717) is 34.5 Å². The largest absolute Gasteiger partial charge is 0.573 e. The summed E-state index contributed by atoms with van der Waals surface area (Å²) in [5.74, 6) is 0.551. The summed E-state index contributed by atoms with van der Waals surface area (Å²) in [4.78, 5) is 27.0. The molecule has 2 aliphatic heterocycles. The van der Waals surface area contributed by atoms with Gasteiger partial charge < -0.3 is 20.3 Å². The standard InChI is InChI=1S/C34H35F3N6O2/c1-21-4-5-23(18-43-19-26-14-15-42(3)30(26)20-43)16-29(21)40-32(44)25-6-10-27(11-7-25)39-33-38-17-22(2)31(41-33)24-8-12-28(13-9-24)45-34(35,36)37/h4-13,16-17,26,30H,14-15,18-20H2,1-3H3,(H,40,44)(H,38,39,41). The first-order valence-electron chi connectivity index (χ1n) is 14.9. The molecular formula is C34H35F3N6O2. The number of halogens is 3. The fourth-order valence-electron chi connectivity index (χ4n) is 6.19. The fourth-order valence-corrected chi connectivity index (χ4v) is 6.19. The van der Waals surface area contributed by atoms with Crippen molar-refractivity contribution in [2.24, 2.45) is 5.92 Å². The van der Waals surface area contributed by atoms with Crippen molar-refractivity contribution in [3.05, 3.63) is 95.2 Å². The number of fused-ring (bicyclic) bond motifs is 1. The van der Waals surface area contributed by atoms with Crippen LogP contribution in [-0.4, -0.2) is 64.8 Å². The van der Waals surface area contributed by atoms with E-state index in [1.54, 1.807) is 30.5 Å². The van der Waals surface area contributed by atoms with E-state index < -0.39 is 6.36 Å². The summed E-state index contributed by atoms with van der Waals surface area (Å²) < 4.78 is 41.5. The van der Waals surface area contributed by atoms with E-state index in [2.05, 4.69) is 60.4 Å². The van der Waals surface area contributed by atoms with Crippen LogP contribution in [0, 0.1) is 19.8 Å². The number of anilines is 3. The molecule has 1 amide bonds. The van der Waals surface area contributed by atoms with Crippen LogP contribution in [-0.2, 0) is 6.54 Å². The highest BCUT2D eigenvalue weighted by Gasteiger charge is 2.39. The molecule has 2 fully saturated rings. The molecule has 3 aromatic carbocycles. The molecular weight excluding hydrogens is 581 g/mol. The first kappa shape index (κ1) is 30.5. The lowest BCUT2D eigenvalue weighted by atomic mass is 10.1. The van der Waals surface area contributed by atoms with Gasteiger partial charge in [0.05, 0.1) is 5.69 Å². The minimum absolute atomic E-state index is 0.203. The van der Waals surface area contributed by atoms with Gasteiger partial charge in [-0.05, 0) is 111 Å². The zero-order chi connectivity index (χ0) is 31.7. The van der Waals surface area contributed by atoms with E-state index in [-0.39, 0.29) is 11.7 Å². The molecule has 0 aliphatic carbocycles. The zero-order valence-electron chi connectivity index (χ0n) is 25.4. The molecule has 0 bridgehead atoms. The molecule has 0 spiro atoms. The second-order valence-electron chi connectivity index (χ2n) is 11.9. The predicted octanol–water partition coefficient (Wildman–Crippen LogP) is 6.79. The maximum atomic E-state index is 13.2. The number of hydrogen-bond donors (Lipinski definition) is 2. The molecule has 4 aromatic rings. The molecule has 234 valence electrons. The van der Waals surface area contributed by atoms with Crippen molar-refractivity contribution >= 4 is 23.2 Å². The van der Waals surface area contributed by atoms with Gasteiger partial charge in [0, 0.05) is 54.4 Å². The molecule has 1 aromatic heterocycles. The molecule has 2 unspecified atom stereocenters. The molecule has 8 nitrogen and oxygen atoms in total. The van der Waals surface area contributed by atoms with E-state index in [4.69, 9.17) is 0 Å². The number of aryl methyl sites for hydroxylation is 2. The van der Waals surface area contributed by atoms with Crippen LogP contribution in [0.15, 0.2) is 72.9 Å². The van der Waals surface area contributed by atoms with Gasteiger partial charge in [-0.3, -0.25) is 9.69 Å². The summed E-state index contributed by atoms with van der Waals surface area (Å²) in [7, 11) is 2.22. The van der Waals surface area contributed by atoms with Crippen LogP contribution in [0.3, 0.4) is 0 Å². The van der Waals surface area contributed by atoms with Gasteiger partial charge in [0.1, 0.15) is 5.75 Å². The number of carbonyl (C=O) groups excluding carboxylic acids is 1. The minimum Gasteiger partial charge on any atom is -0.406 e. The minimum atomic E-state index is -4.76. The average Bonchev–Trinajstić information content (AvgIpc) is 3.56. The lowest BCUT2D eigenvalue weighted by Crippen LogP contribution is -2.31. The SMILES string of the molecule is Cc1ccc(CN2CC3CCN(C)C3C2)cc1NC(=O)c1ccc(Nc2ncc(C)c(-c3ccc(OC(F)(F)F)cc3)n2)cc1. The smallest absolute Gasteiger partial charge is 0.406 e. The van der Waals surface area contributed by atoms with Crippen molar-refractivity contribution in [2.75, 3.05) is 37.3 Å². The summed E-state index contributed by atoms with van der Waals surface area (Å²) in [5.41, 5.74) is 6.11. The third kappa shape index (κ3) is 7.26. The summed E-state index contributed by atoms with van der Waals surface area (Å²) in [6.07, 6.45) is -1.85. The van der Waals surface area contributed by atoms with Crippen LogP contribution in [0.1, 0.15) is 33.5 Å². The number of likely N-dealkylation sites (tertiary alicyclic amines) is 2. The van der Waals surface area contributed by atoms with Crippen LogP contribution in [0.2, 0.25) is 0 Å². The summed E-state index contributed by atoms with van der Waals surface area (Å²) in [5, 5.41) is 6.21. The molecule has 11 heteroatoms. The first-order valence-corrected chi connectivity index (χ1v) is 14.9. The third-order valence-electron chi connectivity index (χ3n) is 8.59. The normalized spacial score (nSPS) is 18.5. The number of rotatable bonds is 8. The van der Waals surface area contributed by atoms with Gasteiger partial charge in [-0.2, -0.15) is 0 Å². The monoisotopic (exact) mass is 616 g/mol. The van der Waals surface area contributed by atoms with E-state index in [1.807, 2.05) is 13.8 Å². The second kappa shape index (κ2) is 12.5. The highest BCUT2D eigenvalue weighted by molar-refractivity contribution is 6.04. The second-order valence-corrected chi connectivity index (χ2v) is 11.9. The van der Waals surface area contributed by atoms with E-state index in [0.717, 1.165) is 42.4 Å². The first-order chi connectivity index (χ1) is 21.5. The molecule has 6 rings (SSSR count). The Labute approximate surface area is 260 Å². The lowest BCUT2D eigenvalue weighted by molar-refractivity contribution is -0.274. The number of nitrogens with zero attached hydrogens (tertiary/aromatic N) is 4.